The van der Waals surface area contributed by atoms with E-state index < -0.39 is 0 Å². The fourth-order valence-corrected chi connectivity index (χ4v) is 7.01. The molecule has 27 heavy (non-hydrogen) atoms. The Morgan fingerprint density at radius 3 is 1.96 bits per heavy atom. The molecule has 4 bridgehead atoms. The Morgan fingerprint density at radius 2 is 1.41 bits per heavy atom. The lowest BCUT2D eigenvalue weighted by molar-refractivity contribution is -0.139. The van der Waals surface area contributed by atoms with Crippen molar-refractivity contribution in [2.45, 2.75) is 51.4 Å². The number of piperazine rings is 1. The van der Waals surface area contributed by atoms with Gasteiger partial charge in [-0.3, -0.25) is 14.5 Å². The van der Waals surface area contributed by atoms with Crippen molar-refractivity contribution in [2.75, 3.05) is 39.3 Å². The monoisotopic (exact) mass is 373 g/mol. The lowest BCUT2D eigenvalue weighted by atomic mass is 9.87. The zero-order chi connectivity index (χ0) is 18.4. The fraction of sp³-hybridized carbons (Fsp3) is 0.909. The SMILES string of the molecule is O=C(NCCN1CCN(C(=O)C2CC3CCC2C3)CC1)C1CC2CCC1C2. The molecule has 0 aromatic heterocycles. The van der Waals surface area contributed by atoms with Crippen LogP contribution in [0.4, 0.5) is 0 Å². The van der Waals surface area contributed by atoms with Crippen LogP contribution in [0.1, 0.15) is 51.4 Å². The summed E-state index contributed by atoms with van der Waals surface area (Å²) in [5.41, 5.74) is 0. The zero-order valence-corrected chi connectivity index (χ0v) is 16.6. The first-order valence-electron chi connectivity index (χ1n) is 11.5. The first-order chi connectivity index (χ1) is 13.2. The maximum Gasteiger partial charge on any atom is 0.226 e. The van der Waals surface area contributed by atoms with E-state index in [0.717, 1.165) is 63.9 Å². The number of fused-ring (bicyclic) bond motifs is 4. The van der Waals surface area contributed by atoms with Crippen LogP contribution in [0.15, 0.2) is 0 Å². The fourth-order valence-electron chi connectivity index (χ4n) is 7.01. The Hall–Kier alpha value is -1.10. The molecule has 0 radical (unpaired) electrons. The van der Waals surface area contributed by atoms with E-state index in [1.807, 2.05) is 0 Å². The molecule has 1 saturated heterocycles. The van der Waals surface area contributed by atoms with Gasteiger partial charge in [-0.2, -0.15) is 0 Å². The quantitative estimate of drug-likeness (QED) is 0.803. The molecule has 1 heterocycles. The minimum absolute atomic E-state index is 0.292. The van der Waals surface area contributed by atoms with Crippen LogP contribution in [-0.2, 0) is 9.59 Å². The van der Waals surface area contributed by atoms with Crippen LogP contribution in [0.25, 0.3) is 0 Å². The van der Waals surface area contributed by atoms with Gasteiger partial charge in [0.25, 0.3) is 0 Å². The largest absolute Gasteiger partial charge is 0.355 e. The third-order valence-corrected chi connectivity index (χ3v) is 8.54. The number of nitrogens with zero attached hydrogens (tertiary/aromatic N) is 2. The Morgan fingerprint density at radius 1 is 0.778 bits per heavy atom. The van der Waals surface area contributed by atoms with Crippen molar-refractivity contribution in [3.63, 3.8) is 0 Å². The Balaban J connectivity index is 1.01. The average Bonchev–Trinajstić information content (AvgIpc) is 3.48. The van der Waals surface area contributed by atoms with Gasteiger partial charge in [-0.25, -0.2) is 0 Å². The molecule has 6 atom stereocenters. The highest BCUT2D eigenvalue weighted by atomic mass is 16.2. The second kappa shape index (κ2) is 7.38. The van der Waals surface area contributed by atoms with Gasteiger partial charge in [-0.15, -0.1) is 0 Å². The highest BCUT2D eigenvalue weighted by molar-refractivity contribution is 5.80. The van der Waals surface area contributed by atoms with Crippen LogP contribution in [0, 0.1) is 35.5 Å². The first kappa shape index (κ1) is 18.0. The number of nitrogens with one attached hydrogen (secondary N) is 1. The second-order valence-corrected chi connectivity index (χ2v) is 10.0. The van der Waals surface area contributed by atoms with E-state index in [0.29, 0.717) is 35.5 Å². The van der Waals surface area contributed by atoms with Crippen LogP contribution in [0.5, 0.6) is 0 Å². The second-order valence-electron chi connectivity index (χ2n) is 10.0. The van der Waals surface area contributed by atoms with Crippen molar-refractivity contribution in [2.24, 2.45) is 35.5 Å². The van der Waals surface area contributed by atoms with E-state index in [9.17, 15) is 9.59 Å². The summed E-state index contributed by atoms with van der Waals surface area (Å²) in [6, 6.07) is 0. The van der Waals surface area contributed by atoms with Gasteiger partial charge in [-0.05, 0) is 62.2 Å². The molecule has 150 valence electrons. The van der Waals surface area contributed by atoms with E-state index in [1.165, 1.54) is 38.5 Å². The maximum atomic E-state index is 12.9. The maximum absolute atomic E-state index is 12.9. The van der Waals surface area contributed by atoms with Crippen LogP contribution in [0.3, 0.4) is 0 Å². The van der Waals surface area contributed by atoms with E-state index in [2.05, 4.69) is 15.1 Å². The molecule has 1 aliphatic heterocycles. The van der Waals surface area contributed by atoms with E-state index >= 15 is 0 Å². The molecule has 5 fully saturated rings. The smallest absolute Gasteiger partial charge is 0.226 e. The summed E-state index contributed by atoms with van der Waals surface area (Å²) in [4.78, 5) is 29.8. The Labute approximate surface area is 163 Å². The highest BCUT2D eigenvalue weighted by Gasteiger charge is 2.45. The van der Waals surface area contributed by atoms with Gasteiger partial charge in [-0.1, -0.05) is 12.8 Å². The molecule has 1 N–H and O–H groups in total. The van der Waals surface area contributed by atoms with Crippen LogP contribution < -0.4 is 5.32 Å². The third kappa shape index (κ3) is 3.52. The van der Waals surface area contributed by atoms with E-state index in [4.69, 9.17) is 0 Å². The lowest BCUT2D eigenvalue weighted by Crippen LogP contribution is -2.52. The van der Waals surface area contributed by atoms with E-state index in [1.54, 1.807) is 0 Å². The summed E-state index contributed by atoms with van der Waals surface area (Å²) in [5.74, 6) is 4.36. The number of carbonyl (C=O) groups is 2. The van der Waals surface area contributed by atoms with Crippen LogP contribution in [0.2, 0.25) is 0 Å². The average molecular weight is 374 g/mol. The van der Waals surface area contributed by atoms with Crippen LogP contribution >= 0.6 is 0 Å². The normalized spacial score (nSPS) is 40.7. The van der Waals surface area contributed by atoms with E-state index in [-0.39, 0.29) is 0 Å². The topological polar surface area (TPSA) is 52.7 Å². The molecule has 0 spiro atoms. The van der Waals surface area contributed by atoms with Gasteiger partial charge < -0.3 is 10.2 Å². The summed E-state index contributed by atoms with van der Waals surface area (Å²) in [6.07, 6.45) is 10.1. The third-order valence-electron chi connectivity index (χ3n) is 8.54. The molecule has 6 unspecified atom stereocenters. The molecule has 0 aromatic rings. The Kier molecular flexibility index (Phi) is 4.91. The summed E-state index contributed by atoms with van der Waals surface area (Å²) in [5, 5.41) is 3.19. The molecule has 0 aromatic carbocycles. The zero-order valence-electron chi connectivity index (χ0n) is 16.6. The summed E-state index contributed by atoms with van der Waals surface area (Å²) in [7, 11) is 0. The van der Waals surface area contributed by atoms with Crippen molar-refractivity contribution in [3.05, 3.63) is 0 Å². The lowest BCUT2D eigenvalue weighted by Gasteiger charge is -2.37. The molecule has 5 rings (SSSR count). The van der Waals surface area contributed by atoms with Gasteiger partial charge in [0, 0.05) is 51.1 Å². The number of hydrogen-bond acceptors (Lipinski definition) is 3. The van der Waals surface area contributed by atoms with Gasteiger partial charge in [0.05, 0.1) is 0 Å². The number of hydrogen-bond donors (Lipinski definition) is 1. The minimum atomic E-state index is 0.292. The predicted molar refractivity (Wildman–Crippen MR) is 104 cm³/mol. The summed E-state index contributed by atoms with van der Waals surface area (Å²) in [6.45, 7) is 5.32. The van der Waals surface area contributed by atoms with Gasteiger partial charge >= 0.3 is 0 Å². The molecule has 2 amide bonds. The molecule has 4 aliphatic carbocycles. The van der Waals surface area contributed by atoms with Crippen molar-refractivity contribution in [1.82, 2.24) is 15.1 Å². The highest BCUT2D eigenvalue weighted by Crippen LogP contribution is 2.49. The molecule has 4 saturated carbocycles. The van der Waals surface area contributed by atoms with Crippen LogP contribution in [-0.4, -0.2) is 60.9 Å². The first-order valence-corrected chi connectivity index (χ1v) is 11.5. The summed E-state index contributed by atoms with van der Waals surface area (Å²) < 4.78 is 0. The number of amides is 2. The number of rotatable bonds is 5. The van der Waals surface area contributed by atoms with Gasteiger partial charge in [0.1, 0.15) is 0 Å². The molecular formula is C22H35N3O2. The van der Waals surface area contributed by atoms with Crippen molar-refractivity contribution < 1.29 is 9.59 Å². The molecular weight excluding hydrogens is 338 g/mol. The number of carbonyl (C=O) groups excluding carboxylic acids is 2. The predicted octanol–water partition coefficient (Wildman–Crippen LogP) is 2.12. The van der Waals surface area contributed by atoms with Crippen molar-refractivity contribution >= 4 is 11.8 Å². The van der Waals surface area contributed by atoms with Crippen molar-refractivity contribution in [1.29, 1.82) is 0 Å². The molecule has 5 aliphatic rings. The van der Waals surface area contributed by atoms with Gasteiger partial charge in [0.15, 0.2) is 0 Å². The summed E-state index contributed by atoms with van der Waals surface area (Å²) >= 11 is 0. The van der Waals surface area contributed by atoms with Crippen molar-refractivity contribution in [3.8, 4) is 0 Å². The molecule has 5 heteroatoms. The van der Waals surface area contributed by atoms with Gasteiger partial charge in [0.2, 0.25) is 11.8 Å². The Bertz CT molecular complexity index is 583. The minimum Gasteiger partial charge on any atom is -0.355 e. The molecule has 5 nitrogen and oxygen atoms in total. The standard InChI is InChI=1S/C22H35N3O2/c26-21(19-13-15-1-3-17(19)11-15)23-5-6-24-7-9-25(10-8-24)22(27)20-14-16-2-4-18(20)12-16/h15-20H,1-14H2,(H,23,26).